The van der Waals surface area contributed by atoms with Crippen molar-refractivity contribution in [2.75, 3.05) is 39.4 Å². The number of likely N-dealkylation sites (tertiary alicyclic amines) is 1. The number of hydrogen-bond acceptors (Lipinski definition) is 5. The number of carbonyl (C=O) groups is 2. The highest BCUT2D eigenvalue weighted by atomic mass is 35.5. The molecule has 31 heavy (non-hydrogen) atoms. The summed E-state index contributed by atoms with van der Waals surface area (Å²) in [5.41, 5.74) is 0.918. The third-order valence-corrected chi connectivity index (χ3v) is 5.86. The van der Waals surface area contributed by atoms with Gasteiger partial charge >= 0.3 is 0 Å². The summed E-state index contributed by atoms with van der Waals surface area (Å²) in [5.74, 6) is -2.15. The molecule has 2 saturated heterocycles. The van der Waals surface area contributed by atoms with Crippen molar-refractivity contribution in [2.24, 2.45) is 0 Å². The van der Waals surface area contributed by atoms with Gasteiger partial charge in [0.15, 0.2) is 0 Å². The number of rotatable bonds is 5. The van der Waals surface area contributed by atoms with E-state index >= 15 is 0 Å². The first-order valence-electron chi connectivity index (χ1n) is 10.1. The average Bonchev–Trinajstić information content (AvgIpc) is 3.04. The standard InChI is InChI=1S/C23H22ClFN2O4/c24-17-5-1-16(2-6-17)21(28)19-20(15-3-7-18(25)8-4-15)27(23(30)22(19)29)10-9-26-11-13-31-14-12-26/h1-8,20,28H,9-14H2/t20-/m0/s1. The van der Waals surface area contributed by atoms with Gasteiger partial charge in [-0.05, 0) is 42.0 Å². The van der Waals surface area contributed by atoms with Crippen molar-refractivity contribution in [1.82, 2.24) is 9.80 Å². The Labute approximate surface area is 184 Å². The summed E-state index contributed by atoms with van der Waals surface area (Å²) in [6.45, 7) is 3.60. The lowest BCUT2D eigenvalue weighted by Crippen LogP contribution is -2.42. The fraction of sp³-hybridized carbons (Fsp3) is 0.304. The van der Waals surface area contributed by atoms with E-state index in [4.69, 9.17) is 16.3 Å². The molecule has 2 aromatic rings. The van der Waals surface area contributed by atoms with Crippen LogP contribution in [0.2, 0.25) is 5.02 Å². The van der Waals surface area contributed by atoms with E-state index in [-0.39, 0.29) is 11.3 Å². The van der Waals surface area contributed by atoms with E-state index in [1.807, 2.05) is 0 Å². The van der Waals surface area contributed by atoms with Crippen molar-refractivity contribution in [3.63, 3.8) is 0 Å². The van der Waals surface area contributed by atoms with Crippen LogP contribution >= 0.6 is 11.6 Å². The zero-order chi connectivity index (χ0) is 22.0. The fourth-order valence-corrected chi connectivity index (χ4v) is 4.07. The third-order valence-electron chi connectivity index (χ3n) is 5.60. The zero-order valence-electron chi connectivity index (χ0n) is 16.8. The van der Waals surface area contributed by atoms with Crippen molar-refractivity contribution < 1.29 is 23.8 Å². The molecule has 1 atom stereocenters. The van der Waals surface area contributed by atoms with Gasteiger partial charge in [0.05, 0.1) is 24.8 Å². The van der Waals surface area contributed by atoms with E-state index in [2.05, 4.69) is 4.90 Å². The Hall–Kier alpha value is -2.74. The molecule has 4 rings (SSSR count). The van der Waals surface area contributed by atoms with Gasteiger partial charge in [0.1, 0.15) is 11.6 Å². The van der Waals surface area contributed by atoms with Crippen LogP contribution in [0.15, 0.2) is 54.1 Å². The van der Waals surface area contributed by atoms with Crippen LogP contribution in [-0.2, 0) is 14.3 Å². The molecule has 0 aliphatic carbocycles. The maximum absolute atomic E-state index is 13.5. The highest BCUT2D eigenvalue weighted by molar-refractivity contribution is 6.46. The van der Waals surface area contributed by atoms with Crippen LogP contribution < -0.4 is 0 Å². The third kappa shape index (κ3) is 4.49. The molecule has 2 aliphatic heterocycles. The molecule has 2 aromatic carbocycles. The number of ether oxygens (including phenoxy) is 1. The van der Waals surface area contributed by atoms with Crippen LogP contribution in [0.25, 0.3) is 5.76 Å². The van der Waals surface area contributed by atoms with E-state index < -0.39 is 23.5 Å². The first-order chi connectivity index (χ1) is 15.0. The number of aliphatic hydroxyl groups is 1. The molecule has 2 fully saturated rings. The Morgan fingerprint density at radius 3 is 2.32 bits per heavy atom. The van der Waals surface area contributed by atoms with Crippen LogP contribution in [-0.4, -0.2) is 66.0 Å². The molecule has 6 nitrogen and oxygen atoms in total. The summed E-state index contributed by atoms with van der Waals surface area (Å²) in [7, 11) is 0. The second-order valence-corrected chi connectivity index (χ2v) is 7.94. The first-order valence-corrected chi connectivity index (χ1v) is 10.4. The van der Waals surface area contributed by atoms with Gasteiger partial charge in [-0.25, -0.2) is 4.39 Å². The Morgan fingerprint density at radius 2 is 1.68 bits per heavy atom. The Kier molecular flexibility index (Phi) is 6.36. The monoisotopic (exact) mass is 444 g/mol. The summed E-state index contributed by atoms with van der Waals surface area (Å²) in [6, 6.07) is 11.2. The van der Waals surface area contributed by atoms with Gasteiger partial charge in [0.25, 0.3) is 11.7 Å². The number of halogens is 2. The SMILES string of the molecule is O=C1C(=O)N(CCN2CCOCC2)[C@@H](c2ccc(F)cc2)C1=C(O)c1ccc(Cl)cc1. The van der Waals surface area contributed by atoms with Crippen LogP contribution in [0.3, 0.4) is 0 Å². The van der Waals surface area contributed by atoms with Gasteiger partial charge in [-0.2, -0.15) is 0 Å². The smallest absolute Gasteiger partial charge is 0.295 e. The van der Waals surface area contributed by atoms with E-state index in [0.717, 1.165) is 13.1 Å². The molecule has 0 spiro atoms. The molecular formula is C23H22ClFN2O4. The predicted octanol–water partition coefficient (Wildman–Crippen LogP) is 3.23. The second-order valence-electron chi connectivity index (χ2n) is 7.50. The van der Waals surface area contributed by atoms with Crippen LogP contribution in [0.5, 0.6) is 0 Å². The van der Waals surface area contributed by atoms with E-state index in [1.165, 1.54) is 29.2 Å². The number of ketones is 1. The molecule has 0 unspecified atom stereocenters. The molecule has 2 heterocycles. The molecular weight excluding hydrogens is 423 g/mol. The van der Waals surface area contributed by atoms with Crippen molar-refractivity contribution in [3.8, 4) is 0 Å². The molecule has 2 aliphatic rings. The van der Waals surface area contributed by atoms with Gasteiger partial charge in [-0.1, -0.05) is 23.7 Å². The van der Waals surface area contributed by atoms with Crippen molar-refractivity contribution in [2.45, 2.75) is 6.04 Å². The molecule has 8 heteroatoms. The Morgan fingerprint density at radius 1 is 1.03 bits per heavy atom. The molecule has 1 N–H and O–H groups in total. The van der Waals surface area contributed by atoms with Gasteiger partial charge in [-0.15, -0.1) is 0 Å². The molecule has 1 amide bonds. The van der Waals surface area contributed by atoms with Crippen molar-refractivity contribution in [3.05, 3.63) is 76.1 Å². The number of aliphatic hydroxyl groups excluding tert-OH is 1. The van der Waals surface area contributed by atoms with E-state index in [0.29, 0.717) is 42.5 Å². The zero-order valence-corrected chi connectivity index (χ0v) is 17.5. The normalized spacial score (nSPS) is 21.6. The summed E-state index contributed by atoms with van der Waals surface area (Å²) in [4.78, 5) is 29.5. The molecule has 0 aromatic heterocycles. The fourth-order valence-electron chi connectivity index (χ4n) is 3.94. The topological polar surface area (TPSA) is 70.1 Å². The maximum atomic E-state index is 13.5. The van der Waals surface area contributed by atoms with Crippen molar-refractivity contribution in [1.29, 1.82) is 0 Å². The van der Waals surface area contributed by atoms with Crippen molar-refractivity contribution >= 4 is 29.1 Å². The lowest BCUT2D eigenvalue weighted by atomic mass is 9.95. The highest BCUT2D eigenvalue weighted by Crippen LogP contribution is 2.39. The summed E-state index contributed by atoms with van der Waals surface area (Å²) >= 11 is 5.93. The van der Waals surface area contributed by atoms with Gasteiger partial charge in [-0.3, -0.25) is 14.5 Å². The minimum absolute atomic E-state index is 0.0130. The highest BCUT2D eigenvalue weighted by Gasteiger charge is 2.46. The lowest BCUT2D eigenvalue weighted by Gasteiger charge is -2.31. The van der Waals surface area contributed by atoms with Crippen LogP contribution in [0.4, 0.5) is 4.39 Å². The van der Waals surface area contributed by atoms with E-state index in [1.54, 1.807) is 24.3 Å². The molecule has 0 bridgehead atoms. The molecule has 0 saturated carbocycles. The number of amides is 1. The minimum Gasteiger partial charge on any atom is -0.507 e. The number of morpholine rings is 1. The Balaban J connectivity index is 1.72. The summed E-state index contributed by atoms with van der Waals surface area (Å²) in [6.07, 6.45) is 0. The van der Waals surface area contributed by atoms with Crippen LogP contribution in [0.1, 0.15) is 17.2 Å². The molecule has 162 valence electrons. The number of benzene rings is 2. The molecule has 0 radical (unpaired) electrons. The lowest BCUT2D eigenvalue weighted by molar-refractivity contribution is -0.140. The number of carbonyl (C=O) groups excluding carboxylic acids is 2. The minimum atomic E-state index is -0.808. The van der Waals surface area contributed by atoms with Gasteiger partial charge in [0.2, 0.25) is 0 Å². The first kappa shape index (κ1) is 21.5. The van der Waals surface area contributed by atoms with Gasteiger partial charge < -0.3 is 14.7 Å². The number of hydrogen-bond donors (Lipinski definition) is 1. The second kappa shape index (κ2) is 9.18. The average molecular weight is 445 g/mol. The summed E-state index contributed by atoms with van der Waals surface area (Å²) < 4.78 is 18.9. The Bertz CT molecular complexity index is 1000. The number of Topliss-reactive ketones (excluding diaryl/α,β-unsaturated/α-hetero) is 1. The van der Waals surface area contributed by atoms with Gasteiger partial charge in [0, 0.05) is 36.8 Å². The maximum Gasteiger partial charge on any atom is 0.295 e. The quantitative estimate of drug-likeness (QED) is 0.435. The largest absolute Gasteiger partial charge is 0.507 e. The number of nitrogens with zero attached hydrogens (tertiary/aromatic N) is 2. The predicted molar refractivity (Wildman–Crippen MR) is 114 cm³/mol. The summed E-state index contributed by atoms with van der Waals surface area (Å²) in [5, 5.41) is 11.4. The van der Waals surface area contributed by atoms with Crippen LogP contribution in [0, 0.1) is 5.82 Å². The van der Waals surface area contributed by atoms with E-state index in [9.17, 15) is 19.1 Å².